The lowest BCUT2D eigenvalue weighted by Gasteiger charge is -2.07. The monoisotopic (exact) mass is 288 g/mol. The second-order valence-electron chi connectivity index (χ2n) is 4.29. The topological polar surface area (TPSA) is 104 Å². The Hall–Kier alpha value is -2.54. The molecule has 0 aliphatic rings. The van der Waals surface area contributed by atoms with E-state index in [4.69, 9.17) is 11.5 Å². The summed E-state index contributed by atoms with van der Waals surface area (Å²) < 4.78 is 26.2. The molecule has 1 aromatic carbocycles. The molecule has 3 rings (SSSR count). The first kappa shape index (κ1) is 12.5. The number of anilines is 2. The highest BCUT2D eigenvalue weighted by Crippen LogP contribution is 2.27. The van der Waals surface area contributed by atoms with E-state index in [-0.39, 0.29) is 10.5 Å². The number of aromatic nitrogens is 2. The summed E-state index contributed by atoms with van der Waals surface area (Å²) in [6.07, 6.45) is 2.78. The summed E-state index contributed by atoms with van der Waals surface area (Å²) in [6.45, 7) is 0. The zero-order chi connectivity index (χ0) is 14.3. The zero-order valence-corrected chi connectivity index (χ0v) is 11.2. The van der Waals surface area contributed by atoms with Crippen LogP contribution in [0.25, 0.3) is 11.0 Å². The van der Waals surface area contributed by atoms with Crippen LogP contribution in [0.3, 0.4) is 0 Å². The maximum absolute atomic E-state index is 12.6. The van der Waals surface area contributed by atoms with Gasteiger partial charge < -0.3 is 11.5 Å². The molecule has 0 radical (unpaired) electrons. The van der Waals surface area contributed by atoms with Gasteiger partial charge in [-0.05, 0) is 18.2 Å². The van der Waals surface area contributed by atoms with Crippen molar-refractivity contribution in [3.63, 3.8) is 0 Å². The van der Waals surface area contributed by atoms with Crippen molar-refractivity contribution >= 4 is 32.4 Å². The first-order valence-electron chi connectivity index (χ1n) is 5.83. The number of fused-ring (bicyclic) bond motifs is 1. The first-order valence-corrected chi connectivity index (χ1v) is 7.27. The maximum Gasteiger partial charge on any atom is 0.269 e. The molecule has 0 unspecified atom stereocenters. The maximum atomic E-state index is 12.6. The number of nitrogens with two attached hydrogens (primary N) is 2. The van der Waals surface area contributed by atoms with E-state index in [0.717, 1.165) is 3.97 Å². The fourth-order valence-corrected chi connectivity index (χ4v) is 3.32. The lowest BCUT2D eigenvalue weighted by Crippen LogP contribution is -2.12. The standard InChI is InChI=1S/C13H12N4O2S/c14-11-8-16-13-10(12(11)15)6-7-17(13)20(18,19)9-4-2-1-3-5-9/h1-8H,14H2,(H2,15,16). The van der Waals surface area contributed by atoms with Gasteiger partial charge in [0.05, 0.1) is 22.5 Å². The van der Waals surface area contributed by atoms with Gasteiger partial charge in [0.2, 0.25) is 0 Å². The quantitative estimate of drug-likeness (QED) is 0.742. The largest absolute Gasteiger partial charge is 0.396 e. The molecule has 2 aromatic heterocycles. The van der Waals surface area contributed by atoms with Crippen LogP contribution in [0.5, 0.6) is 0 Å². The molecule has 20 heavy (non-hydrogen) atoms. The number of pyridine rings is 1. The molecule has 7 heteroatoms. The van der Waals surface area contributed by atoms with Crippen LogP contribution in [0.15, 0.2) is 53.7 Å². The molecule has 4 N–H and O–H groups in total. The van der Waals surface area contributed by atoms with Gasteiger partial charge in [0.1, 0.15) is 0 Å². The Bertz CT molecular complexity index is 885. The van der Waals surface area contributed by atoms with Gasteiger partial charge in [-0.15, -0.1) is 0 Å². The predicted octanol–water partition coefficient (Wildman–Crippen LogP) is 1.44. The van der Waals surface area contributed by atoms with Crippen molar-refractivity contribution < 1.29 is 8.42 Å². The van der Waals surface area contributed by atoms with Crippen molar-refractivity contribution in [3.05, 3.63) is 48.8 Å². The van der Waals surface area contributed by atoms with E-state index >= 15 is 0 Å². The van der Waals surface area contributed by atoms with Gasteiger partial charge >= 0.3 is 0 Å². The molecule has 0 saturated carbocycles. The van der Waals surface area contributed by atoms with Crippen LogP contribution in [0, 0.1) is 0 Å². The van der Waals surface area contributed by atoms with Gasteiger partial charge in [-0.1, -0.05) is 18.2 Å². The normalized spacial score (nSPS) is 11.8. The number of hydrogen-bond acceptors (Lipinski definition) is 5. The summed E-state index contributed by atoms with van der Waals surface area (Å²) in [4.78, 5) is 4.26. The van der Waals surface area contributed by atoms with Crippen LogP contribution in [0.2, 0.25) is 0 Å². The Balaban J connectivity index is 2.29. The molecule has 0 amide bonds. The average Bonchev–Trinajstić information content (AvgIpc) is 2.89. The Morgan fingerprint density at radius 1 is 1.05 bits per heavy atom. The molecule has 0 bridgehead atoms. The zero-order valence-electron chi connectivity index (χ0n) is 10.4. The number of nitrogen functional groups attached to an aromatic ring is 2. The summed E-state index contributed by atoms with van der Waals surface area (Å²) in [5, 5.41) is 0.518. The van der Waals surface area contributed by atoms with Gasteiger partial charge in [0.25, 0.3) is 10.0 Å². The van der Waals surface area contributed by atoms with Gasteiger partial charge in [-0.25, -0.2) is 17.4 Å². The number of nitrogens with zero attached hydrogens (tertiary/aromatic N) is 2. The lowest BCUT2D eigenvalue weighted by molar-refractivity contribution is 0.589. The Kier molecular flexibility index (Phi) is 2.65. The number of rotatable bonds is 2. The summed E-state index contributed by atoms with van der Waals surface area (Å²) >= 11 is 0. The van der Waals surface area contributed by atoms with Crippen LogP contribution in [0.1, 0.15) is 0 Å². The lowest BCUT2D eigenvalue weighted by atomic mass is 10.2. The molecule has 6 nitrogen and oxygen atoms in total. The third kappa shape index (κ3) is 1.71. The molecule has 0 spiro atoms. The SMILES string of the molecule is Nc1cnc2c(ccn2S(=O)(=O)c2ccccc2)c1N. The van der Waals surface area contributed by atoms with Crippen LogP contribution >= 0.6 is 0 Å². The molecular weight excluding hydrogens is 276 g/mol. The third-order valence-electron chi connectivity index (χ3n) is 3.05. The molecule has 3 aromatic rings. The van der Waals surface area contributed by atoms with Crippen LogP contribution in [-0.4, -0.2) is 17.4 Å². The molecule has 0 saturated heterocycles. The van der Waals surface area contributed by atoms with Crippen molar-refractivity contribution in [1.82, 2.24) is 8.96 Å². The molecule has 0 atom stereocenters. The van der Waals surface area contributed by atoms with E-state index in [0.29, 0.717) is 16.8 Å². The fourth-order valence-electron chi connectivity index (χ4n) is 2.00. The molecule has 0 aliphatic heterocycles. The average molecular weight is 288 g/mol. The van der Waals surface area contributed by atoms with Crippen LogP contribution < -0.4 is 11.5 Å². The van der Waals surface area contributed by atoms with E-state index in [1.54, 1.807) is 24.3 Å². The van der Waals surface area contributed by atoms with Gasteiger partial charge in [-0.2, -0.15) is 0 Å². The van der Waals surface area contributed by atoms with E-state index in [9.17, 15) is 8.42 Å². The second-order valence-corrected chi connectivity index (χ2v) is 6.11. The minimum absolute atomic E-state index is 0.190. The Labute approximate surface area is 115 Å². The smallest absolute Gasteiger partial charge is 0.269 e. The predicted molar refractivity (Wildman–Crippen MR) is 77.6 cm³/mol. The van der Waals surface area contributed by atoms with Crippen molar-refractivity contribution in [2.75, 3.05) is 11.5 Å². The molecule has 0 fully saturated rings. The summed E-state index contributed by atoms with van der Waals surface area (Å²) in [5.74, 6) is 0. The minimum atomic E-state index is -3.69. The van der Waals surface area contributed by atoms with Gasteiger partial charge in [-0.3, -0.25) is 0 Å². The third-order valence-corrected chi connectivity index (χ3v) is 4.73. The van der Waals surface area contributed by atoms with E-state index in [1.807, 2.05) is 0 Å². The van der Waals surface area contributed by atoms with E-state index in [1.165, 1.54) is 24.5 Å². The highest BCUT2D eigenvalue weighted by molar-refractivity contribution is 7.90. The molecule has 2 heterocycles. The highest BCUT2D eigenvalue weighted by Gasteiger charge is 2.20. The van der Waals surface area contributed by atoms with Gasteiger partial charge in [0, 0.05) is 11.6 Å². The summed E-state index contributed by atoms with van der Waals surface area (Å²) in [7, 11) is -3.69. The molecule has 0 aliphatic carbocycles. The second kappa shape index (κ2) is 4.24. The number of hydrogen-bond donors (Lipinski definition) is 2. The van der Waals surface area contributed by atoms with Crippen LogP contribution in [0.4, 0.5) is 11.4 Å². The molecular formula is C13H12N4O2S. The first-order chi connectivity index (χ1) is 9.51. The fraction of sp³-hybridized carbons (Fsp3) is 0. The Morgan fingerprint density at radius 2 is 1.75 bits per heavy atom. The van der Waals surface area contributed by atoms with Crippen LogP contribution in [-0.2, 0) is 10.0 Å². The van der Waals surface area contributed by atoms with E-state index in [2.05, 4.69) is 4.98 Å². The van der Waals surface area contributed by atoms with Crippen molar-refractivity contribution in [2.24, 2.45) is 0 Å². The van der Waals surface area contributed by atoms with E-state index < -0.39 is 10.0 Å². The van der Waals surface area contributed by atoms with Crippen molar-refractivity contribution in [1.29, 1.82) is 0 Å². The highest BCUT2D eigenvalue weighted by atomic mass is 32.2. The summed E-state index contributed by atoms with van der Waals surface area (Å²) in [6, 6.07) is 9.73. The van der Waals surface area contributed by atoms with Crippen molar-refractivity contribution in [3.8, 4) is 0 Å². The summed E-state index contributed by atoms with van der Waals surface area (Å²) in [5.41, 5.74) is 12.4. The minimum Gasteiger partial charge on any atom is -0.396 e. The number of benzene rings is 1. The van der Waals surface area contributed by atoms with Crippen molar-refractivity contribution in [2.45, 2.75) is 4.90 Å². The van der Waals surface area contributed by atoms with Gasteiger partial charge in [0.15, 0.2) is 5.65 Å². The Morgan fingerprint density at radius 3 is 2.45 bits per heavy atom. The molecule has 102 valence electrons.